The van der Waals surface area contributed by atoms with Gasteiger partial charge in [-0.1, -0.05) is 25.8 Å². The van der Waals surface area contributed by atoms with Crippen LogP contribution in [0.2, 0.25) is 0 Å². The fraction of sp³-hybridized carbons (Fsp3) is 0.667. The SMILES string of the molecule is COc1ccc(C[C@H](C)N[C@H]2CCCC[C@@H]2C)cc1OC. The van der Waals surface area contributed by atoms with E-state index in [4.69, 9.17) is 9.47 Å². The minimum Gasteiger partial charge on any atom is -0.493 e. The van der Waals surface area contributed by atoms with E-state index in [1.165, 1.54) is 31.2 Å². The molecule has 118 valence electrons. The van der Waals surface area contributed by atoms with Gasteiger partial charge >= 0.3 is 0 Å². The Hall–Kier alpha value is -1.22. The van der Waals surface area contributed by atoms with Gasteiger partial charge < -0.3 is 14.8 Å². The zero-order valence-electron chi connectivity index (χ0n) is 13.8. The van der Waals surface area contributed by atoms with E-state index in [1.54, 1.807) is 14.2 Å². The molecule has 1 aliphatic carbocycles. The second-order valence-electron chi connectivity index (χ2n) is 6.33. The fourth-order valence-corrected chi connectivity index (χ4v) is 3.35. The quantitative estimate of drug-likeness (QED) is 0.864. The van der Waals surface area contributed by atoms with Gasteiger partial charge in [-0.2, -0.15) is 0 Å². The van der Waals surface area contributed by atoms with Crippen molar-refractivity contribution in [2.75, 3.05) is 14.2 Å². The molecule has 0 aliphatic heterocycles. The summed E-state index contributed by atoms with van der Waals surface area (Å²) in [5.74, 6) is 2.41. The van der Waals surface area contributed by atoms with Crippen LogP contribution in [0, 0.1) is 5.92 Å². The highest BCUT2D eigenvalue weighted by Crippen LogP contribution is 2.28. The van der Waals surface area contributed by atoms with Gasteiger partial charge in [0, 0.05) is 12.1 Å². The van der Waals surface area contributed by atoms with Crippen molar-refractivity contribution in [1.82, 2.24) is 5.32 Å². The highest BCUT2D eigenvalue weighted by Gasteiger charge is 2.22. The molecule has 1 aliphatic rings. The summed E-state index contributed by atoms with van der Waals surface area (Å²) < 4.78 is 10.7. The third-order valence-electron chi connectivity index (χ3n) is 4.60. The standard InChI is InChI=1S/C18H29NO2/c1-13-7-5-6-8-16(13)19-14(2)11-15-9-10-17(20-3)18(12-15)21-4/h9-10,12-14,16,19H,5-8,11H2,1-4H3/t13-,14-,16-/m0/s1. The molecular formula is C18H29NO2. The van der Waals surface area contributed by atoms with Crippen molar-refractivity contribution in [2.24, 2.45) is 5.92 Å². The Balaban J connectivity index is 1.94. The van der Waals surface area contributed by atoms with Crippen LogP contribution in [0.25, 0.3) is 0 Å². The van der Waals surface area contributed by atoms with Crippen molar-refractivity contribution in [1.29, 1.82) is 0 Å². The first kappa shape index (κ1) is 16.2. The molecule has 1 N–H and O–H groups in total. The number of hydrogen-bond donors (Lipinski definition) is 1. The number of rotatable bonds is 6. The molecule has 3 nitrogen and oxygen atoms in total. The molecule has 1 aromatic rings. The van der Waals surface area contributed by atoms with Crippen LogP contribution in [-0.2, 0) is 6.42 Å². The second kappa shape index (κ2) is 7.69. The van der Waals surface area contributed by atoms with Gasteiger partial charge in [0.1, 0.15) is 0 Å². The lowest BCUT2D eigenvalue weighted by atomic mass is 9.85. The molecule has 0 heterocycles. The monoisotopic (exact) mass is 291 g/mol. The molecule has 0 radical (unpaired) electrons. The van der Waals surface area contributed by atoms with E-state index in [2.05, 4.69) is 31.3 Å². The lowest BCUT2D eigenvalue weighted by Gasteiger charge is -2.32. The summed E-state index contributed by atoms with van der Waals surface area (Å²) in [5.41, 5.74) is 1.29. The zero-order chi connectivity index (χ0) is 15.2. The Bertz CT molecular complexity index is 447. The van der Waals surface area contributed by atoms with Crippen LogP contribution in [0.1, 0.15) is 45.1 Å². The third kappa shape index (κ3) is 4.37. The first-order valence-electron chi connectivity index (χ1n) is 8.11. The highest BCUT2D eigenvalue weighted by molar-refractivity contribution is 5.43. The van der Waals surface area contributed by atoms with Gasteiger partial charge in [0.05, 0.1) is 14.2 Å². The Morgan fingerprint density at radius 2 is 1.86 bits per heavy atom. The summed E-state index contributed by atoms with van der Waals surface area (Å²) in [6.07, 6.45) is 6.45. The minimum absolute atomic E-state index is 0.480. The number of hydrogen-bond acceptors (Lipinski definition) is 3. The second-order valence-corrected chi connectivity index (χ2v) is 6.33. The maximum atomic E-state index is 5.38. The first-order chi connectivity index (χ1) is 10.1. The average molecular weight is 291 g/mol. The third-order valence-corrected chi connectivity index (χ3v) is 4.60. The molecule has 2 rings (SSSR count). The summed E-state index contributed by atoms with van der Waals surface area (Å²) in [4.78, 5) is 0. The van der Waals surface area contributed by atoms with Crippen molar-refractivity contribution < 1.29 is 9.47 Å². The van der Waals surface area contributed by atoms with Crippen molar-refractivity contribution in [3.05, 3.63) is 23.8 Å². The lowest BCUT2D eigenvalue weighted by molar-refractivity contribution is 0.262. The van der Waals surface area contributed by atoms with Gasteiger partial charge in [-0.3, -0.25) is 0 Å². The molecule has 3 heteroatoms. The Morgan fingerprint density at radius 3 is 2.52 bits per heavy atom. The van der Waals surface area contributed by atoms with Crippen LogP contribution < -0.4 is 14.8 Å². The number of ether oxygens (including phenoxy) is 2. The number of nitrogens with one attached hydrogen (secondary N) is 1. The number of benzene rings is 1. The highest BCUT2D eigenvalue weighted by atomic mass is 16.5. The van der Waals surface area contributed by atoms with Crippen LogP contribution in [-0.4, -0.2) is 26.3 Å². The molecular weight excluding hydrogens is 262 g/mol. The van der Waals surface area contributed by atoms with E-state index in [1.807, 2.05) is 6.07 Å². The van der Waals surface area contributed by atoms with Crippen LogP contribution in [0.15, 0.2) is 18.2 Å². The van der Waals surface area contributed by atoms with Gasteiger partial charge in [0.15, 0.2) is 11.5 Å². The fourth-order valence-electron chi connectivity index (χ4n) is 3.35. The van der Waals surface area contributed by atoms with Gasteiger partial charge in [-0.05, 0) is 49.8 Å². The smallest absolute Gasteiger partial charge is 0.160 e. The molecule has 0 aromatic heterocycles. The molecule has 21 heavy (non-hydrogen) atoms. The number of methoxy groups -OCH3 is 2. The Morgan fingerprint density at radius 1 is 1.14 bits per heavy atom. The van der Waals surface area contributed by atoms with Crippen LogP contribution in [0.4, 0.5) is 0 Å². The van der Waals surface area contributed by atoms with Crippen LogP contribution in [0.3, 0.4) is 0 Å². The maximum Gasteiger partial charge on any atom is 0.160 e. The normalized spacial score (nSPS) is 23.6. The van der Waals surface area contributed by atoms with Crippen LogP contribution in [0.5, 0.6) is 11.5 Å². The lowest BCUT2D eigenvalue weighted by Crippen LogP contribution is -2.43. The summed E-state index contributed by atoms with van der Waals surface area (Å²) in [6.45, 7) is 4.65. The first-order valence-corrected chi connectivity index (χ1v) is 8.11. The Kier molecular flexibility index (Phi) is 5.92. The molecule has 0 bridgehead atoms. The van der Waals surface area contributed by atoms with Gasteiger partial charge in [-0.15, -0.1) is 0 Å². The molecule has 1 aromatic carbocycles. The van der Waals surface area contributed by atoms with E-state index in [0.29, 0.717) is 12.1 Å². The molecule has 3 atom stereocenters. The van der Waals surface area contributed by atoms with E-state index < -0.39 is 0 Å². The largest absolute Gasteiger partial charge is 0.493 e. The van der Waals surface area contributed by atoms with Crippen LogP contribution >= 0.6 is 0 Å². The average Bonchev–Trinajstić information content (AvgIpc) is 2.49. The molecule has 0 saturated heterocycles. The summed E-state index contributed by atoms with van der Waals surface area (Å²) >= 11 is 0. The molecule has 0 unspecified atom stereocenters. The maximum absolute atomic E-state index is 5.38. The molecule has 1 fully saturated rings. The van der Waals surface area contributed by atoms with E-state index in [9.17, 15) is 0 Å². The molecule has 0 spiro atoms. The summed E-state index contributed by atoms with van der Waals surface area (Å²) in [6, 6.07) is 7.36. The predicted molar refractivity (Wildman–Crippen MR) is 87.3 cm³/mol. The predicted octanol–water partition coefficient (Wildman–Crippen LogP) is 3.80. The Labute approximate surface area is 129 Å². The van der Waals surface area contributed by atoms with E-state index in [-0.39, 0.29) is 0 Å². The van der Waals surface area contributed by atoms with E-state index in [0.717, 1.165) is 23.8 Å². The summed E-state index contributed by atoms with van der Waals surface area (Å²) in [7, 11) is 3.36. The van der Waals surface area contributed by atoms with Gasteiger partial charge in [0.2, 0.25) is 0 Å². The van der Waals surface area contributed by atoms with Crippen molar-refractivity contribution in [3.63, 3.8) is 0 Å². The van der Waals surface area contributed by atoms with Crippen molar-refractivity contribution in [2.45, 2.75) is 58.0 Å². The van der Waals surface area contributed by atoms with Gasteiger partial charge in [-0.25, -0.2) is 0 Å². The summed E-state index contributed by atoms with van der Waals surface area (Å²) in [5, 5.41) is 3.81. The van der Waals surface area contributed by atoms with Crippen molar-refractivity contribution >= 4 is 0 Å². The minimum atomic E-state index is 0.480. The zero-order valence-corrected chi connectivity index (χ0v) is 13.8. The molecule has 1 saturated carbocycles. The van der Waals surface area contributed by atoms with E-state index >= 15 is 0 Å². The topological polar surface area (TPSA) is 30.5 Å². The van der Waals surface area contributed by atoms with Gasteiger partial charge in [0.25, 0.3) is 0 Å². The molecule has 0 amide bonds. The van der Waals surface area contributed by atoms with Crippen molar-refractivity contribution in [3.8, 4) is 11.5 Å².